The summed E-state index contributed by atoms with van der Waals surface area (Å²) in [6.45, 7) is 4.39. The highest BCUT2D eigenvalue weighted by molar-refractivity contribution is 5.72. The van der Waals surface area contributed by atoms with Gasteiger partial charge >= 0.3 is 5.97 Å². The third-order valence-electron chi connectivity index (χ3n) is 4.15. The number of hydrogen-bond acceptors (Lipinski definition) is 4. The summed E-state index contributed by atoms with van der Waals surface area (Å²) < 4.78 is 5.14. The Morgan fingerprint density at radius 2 is 2.29 bits per heavy atom. The van der Waals surface area contributed by atoms with Gasteiger partial charge in [-0.05, 0) is 50.8 Å². The lowest BCUT2D eigenvalue weighted by molar-refractivity contribution is -0.149. The molecular formula is C17H25NO3. The molecule has 1 aliphatic carbocycles. The maximum Gasteiger partial charge on any atom is 0.308 e. The third kappa shape index (κ3) is 4.46. The SMILES string of the molecule is CCOC(=O)C1CCCC(NC(C)c2cccc(O)c2)C1. The van der Waals surface area contributed by atoms with Gasteiger partial charge in [0, 0.05) is 12.1 Å². The van der Waals surface area contributed by atoms with E-state index < -0.39 is 0 Å². The minimum Gasteiger partial charge on any atom is -0.508 e. The van der Waals surface area contributed by atoms with Crippen molar-refractivity contribution in [2.75, 3.05) is 6.61 Å². The van der Waals surface area contributed by atoms with Crippen LogP contribution in [0.2, 0.25) is 0 Å². The van der Waals surface area contributed by atoms with E-state index in [0.717, 1.165) is 31.2 Å². The lowest BCUT2D eigenvalue weighted by atomic mass is 9.85. The average Bonchev–Trinajstić information content (AvgIpc) is 2.48. The Kier molecular flexibility index (Phi) is 5.62. The number of aromatic hydroxyl groups is 1. The second-order valence-corrected chi connectivity index (χ2v) is 5.80. The van der Waals surface area contributed by atoms with Crippen LogP contribution in [-0.2, 0) is 9.53 Å². The van der Waals surface area contributed by atoms with E-state index in [9.17, 15) is 9.90 Å². The van der Waals surface area contributed by atoms with Gasteiger partial charge in [0.1, 0.15) is 5.75 Å². The molecule has 21 heavy (non-hydrogen) atoms. The van der Waals surface area contributed by atoms with Crippen molar-refractivity contribution in [3.63, 3.8) is 0 Å². The number of phenolic OH excluding ortho intramolecular Hbond substituents is 1. The van der Waals surface area contributed by atoms with Gasteiger partial charge in [-0.3, -0.25) is 4.79 Å². The molecule has 4 nitrogen and oxygen atoms in total. The molecule has 1 aromatic rings. The summed E-state index contributed by atoms with van der Waals surface area (Å²) in [6.07, 6.45) is 3.90. The molecule has 3 atom stereocenters. The van der Waals surface area contributed by atoms with Crippen molar-refractivity contribution in [1.82, 2.24) is 5.32 Å². The molecule has 1 aromatic carbocycles. The van der Waals surface area contributed by atoms with Crippen LogP contribution in [0.4, 0.5) is 0 Å². The molecule has 0 aliphatic heterocycles. The molecule has 0 spiro atoms. The van der Waals surface area contributed by atoms with Crippen molar-refractivity contribution in [2.24, 2.45) is 5.92 Å². The molecule has 0 bridgehead atoms. The fourth-order valence-electron chi connectivity index (χ4n) is 3.06. The first-order valence-electron chi connectivity index (χ1n) is 7.81. The van der Waals surface area contributed by atoms with Gasteiger partial charge in [0.25, 0.3) is 0 Å². The van der Waals surface area contributed by atoms with Crippen molar-refractivity contribution in [3.05, 3.63) is 29.8 Å². The second-order valence-electron chi connectivity index (χ2n) is 5.80. The maximum atomic E-state index is 11.9. The van der Waals surface area contributed by atoms with Crippen molar-refractivity contribution in [1.29, 1.82) is 0 Å². The number of rotatable bonds is 5. The topological polar surface area (TPSA) is 58.6 Å². The summed E-state index contributed by atoms with van der Waals surface area (Å²) >= 11 is 0. The van der Waals surface area contributed by atoms with Crippen LogP contribution in [0.25, 0.3) is 0 Å². The van der Waals surface area contributed by atoms with Crippen molar-refractivity contribution in [2.45, 2.75) is 51.6 Å². The average molecular weight is 291 g/mol. The molecule has 1 aliphatic rings. The monoisotopic (exact) mass is 291 g/mol. The number of nitrogens with one attached hydrogen (secondary N) is 1. The van der Waals surface area contributed by atoms with Crippen molar-refractivity contribution < 1.29 is 14.6 Å². The fourth-order valence-corrected chi connectivity index (χ4v) is 3.06. The number of carbonyl (C=O) groups excluding carboxylic acids is 1. The van der Waals surface area contributed by atoms with E-state index in [1.54, 1.807) is 12.1 Å². The van der Waals surface area contributed by atoms with E-state index in [2.05, 4.69) is 12.2 Å². The van der Waals surface area contributed by atoms with Crippen LogP contribution in [0.15, 0.2) is 24.3 Å². The van der Waals surface area contributed by atoms with Crippen LogP contribution in [0.3, 0.4) is 0 Å². The van der Waals surface area contributed by atoms with Crippen LogP contribution in [0, 0.1) is 5.92 Å². The van der Waals surface area contributed by atoms with E-state index in [1.165, 1.54) is 0 Å². The summed E-state index contributed by atoms with van der Waals surface area (Å²) in [5.41, 5.74) is 1.06. The van der Waals surface area contributed by atoms with E-state index in [0.29, 0.717) is 12.6 Å². The van der Waals surface area contributed by atoms with Gasteiger partial charge in [0.15, 0.2) is 0 Å². The number of carbonyl (C=O) groups is 1. The van der Waals surface area contributed by atoms with Crippen LogP contribution in [-0.4, -0.2) is 23.7 Å². The number of phenols is 1. The summed E-state index contributed by atoms with van der Waals surface area (Å²) in [4.78, 5) is 11.9. The molecule has 0 saturated heterocycles. The Labute approximate surface area is 126 Å². The zero-order valence-electron chi connectivity index (χ0n) is 12.8. The number of benzene rings is 1. The van der Waals surface area contributed by atoms with E-state index in [-0.39, 0.29) is 23.7 Å². The van der Waals surface area contributed by atoms with E-state index >= 15 is 0 Å². The van der Waals surface area contributed by atoms with Gasteiger partial charge in [0.2, 0.25) is 0 Å². The molecule has 2 rings (SSSR count). The normalized spacial score (nSPS) is 23.5. The minimum absolute atomic E-state index is 0.0209. The van der Waals surface area contributed by atoms with Crippen LogP contribution in [0.5, 0.6) is 5.75 Å². The summed E-state index contributed by atoms with van der Waals surface area (Å²) in [6, 6.07) is 7.79. The Morgan fingerprint density at radius 1 is 1.48 bits per heavy atom. The molecule has 1 fully saturated rings. The predicted molar refractivity (Wildman–Crippen MR) is 82.0 cm³/mol. The van der Waals surface area contributed by atoms with Gasteiger partial charge in [-0.1, -0.05) is 18.6 Å². The molecule has 0 radical (unpaired) electrons. The lowest BCUT2D eigenvalue weighted by Crippen LogP contribution is -2.38. The Balaban J connectivity index is 1.91. The summed E-state index contributed by atoms with van der Waals surface area (Å²) in [5, 5.41) is 13.1. The van der Waals surface area contributed by atoms with Crippen LogP contribution >= 0.6 is 0 Å². The smallest absolute Gasteiger partial charge is 0.308 e. The van der Waals surface area contributed by atoms with Gasteiger partial charge in [0.05, 0.1) is 12.5 Å². The molecule has 2 N–H and O–H groups in total. The first kappa shape index (κ1) is 15.8. The van der Waals surface area contributed by atoms with Gasteiger partial charge < -0.3 is 15.2 Å². The van der Waals surface area contributed by atoms with Gasteiger partial charge in [-0.25, -0.2) is 0 Å². The largest absolute Gasteiger partial charge is 0.508 e. The predicted octanol–water partition coefficient (Wildman–Crippen LogP) is 3.16. The van der Waals surface area contributed by atoms with Crippen molar-refractivity contribution >= 4 is 5.97 Å². The third-order valence-corrected chi connectivity index (χ3v) is 4.15. The van der Waals surface area contributed by atoms with Crippen LogP contribution in [0.1, 0.15) is 51.1 Å². The molecule has 116 valence electrons. The summed E-state index contributed by atoms with van der Waals surface area (Å²) in [7, 11) is 0. The highest BCUT2D eigenvalue weighted by atomic mass is 16.5. The summed E-state index contributed by atoms with van der Waals surface area (Å²) in [5.74, 6) is 0.246. The first-order chi connectivity index (χ1) is 10.1. The Bertz CT molecular complexity index is 475. The van der Waals surface area contributed by atoms with Crippen molar-refractivity contribution in [3.8, 4) is 5.75 Å². The molecule has 0 amide bonds. The molecular weight excluding hydrogens is 266 g/mol. The Hall–Kier alpha value is -1.55. The molecule has 1 saturated carbocycles. The first-order valence-corrected chi connectivity index (χ1v) is 7.81. The van der Waals surface area contributed by atoms with E-state index in [4.69, 9.17) is 4.74 Å². The fraction of sp³-hybridized carbons (Fsp3) is 0.588. The zero-order valence-corrected chi connectivity index (χ0v) is 12.8. The highest BCUT2D eigenvalue weighted by Gasteiger charge is 2.28. The number of ether oxygens (including phenoxy) is 1. The molecule has 0 heterocycles. The van der Waals surface area contributed by atoms with Gasteiger partial charge in [-0.2, -0.15) is 0 Å². The molecule has 0 aromatic heterocycles. The Morgan fingerprint density at radius 3 is 3.00 bits per heavy atom. The quantitative estimate of drug-likeness (QED) is 0.818. The van der Waals surface area contributed by atoms with Gasteiger partial charge in [-0.15, -0.1) is 0 Å². The van der Waals surface area contributed by atoms with E-state index in [1.807, 2.05) is 19.1 Å². The molecule has 4 heteroatoms. The standard InChI is InChI=1S/C17H25NO3/c1-3-21-17(20)14-7-4-8-15(10-14)18-12(2)13-6-5-9-16(19)11-13/h5-6,9,11-12,14-15,18-19H,3-4,7-8,10H2,1-2H3. The highest BCUT2D eigenvalue weighted by Crippen LogP contribution is 2.27. The lowest BCUT2D eigenvalue weighted by Gasteiger charge is -2.31. The maximum absolute atomic E-state index is 11.9. The molecule has 3 unspecified atom stereocenters. The second kappa shape index (κ2) is 7.46. The number of esters is 1. The number of hydrogen-bond donors (Lipinski definition) is 2. The zero-order chi connectivity index (χ0) is 15.2. The minimum atomic E-state index is -0.0611. The van der Waals surface area contributed by atoms with Crippen LogP contribution < -0.4 is 5.32 Å².